The molecule has 172 valence electrons. The molecule has 6 nitrogen and oxygen atoms in total. The number of hydrogen-bond acceptors (Lipinski definition) is 4. The van der Waals surface area contributed by atoms with E-state index in [9.17, 15) is 9.59 Å². The average molecular weight is 467 g/mol. The van der Waals surface area contributed by atoms with E-state index in [1.807, 2.05) is 45.0 Å². The van der Waals surface area contributed by atoms with Crippen LogP contribution in [0, 0.1) is 20.8 Å². The molecule has 2 amide bonds. The van der Waals surface area contributed by atoms with Gasteiger partial charge in [0.15, 0.2) is 11.5 Å². The van der Waals surface area contributed by atoms with Crippen molar-refractivity contribution in [2.24, 2.45) is 0 Å². The lowest BCUT2D eigenvalue weighted by atomic mass is 10.1. The van der Waals surface area contributed by atoms with E-state index in [-0.39, 0.29) is 18.4 Å². The predicted octanol–water partition coefficient (Wildman–Crippen LogP) is 5.22. The molecule has 0 unspecified atom stereocenters. The normalized spacial score (nSPS) is 10.5. The van der Waals surface area contributed by atoms with Crippen molar-refractivity contribution in [2.45, 2.75) is 27.4 Å². The summed E-state index contributed by atoms with van der Waals surface area (Å²) in [6.45, 7) is 6.07. The maximum absolute atomic E-state index is 12.6. The number of carbonyl (C=O) groups excluding carboxylic acids is 2. The van der Waals surface area contributed by atoms with Gasteiger partial charge in [0.25, 0.3) is 5.91 Å². The predicted molar refractivity (Wildman–Crippen MR) is 130 cm³/mol. The van der Waals surface area contributed by atoms with Crippen LogP contribution in [-0.2, 0) is 11.4 Å². The van der Waals surface area contributed by atoms with E-state index >= 15 is 0 Å². The standard InChI is InChI=1S/C26H27ClN2O4/c1-16-11-17(2)25(18(3)12-16)29-24(30)14-28-26(31)20-7-10-22(23(13-20)32-4)33-15-19-5-8-21(27)9-6-19/h5-13H,14-15H2,1-4H3,(H,28,31)(H,29,30). The average Bonchev–Trinajstić information content (AvgIpc) is 2.79. The summed E-state index contributed by atoms with van der Waals surface area (Å²) in [7, 11) is 1.51. The Morgan fingerprint density at radius 1 is 0.909 bits per heavy atom. The smallest absolute Gasteiger partial charge is 0.251 e. The van der Waals surface area contributed by atoms with Gasteiger partial charge in [-0.05, 0) is 67.8 Å². The fourth-order valence-electron chi connectivity index (χ4n) is 3.49. The molecule has 0 spiro atoms. The highest BCUT2D eigenvalue weighted by Crippen LogP contribution is 2.29. The number of aryl methyl sites for hydroxylation is 3. The maximum atomic E-state index is 12.6. The van der Waals surface area contributed by atoms with Gasteiger partial charge in [-0.2, -0.15) is 0 Å². The quantitative estimate of drug-likeness (QED) is 0.477. The second-order valence-corrected chi connectivity index (χ2v) is 8.22. The zero-order valence-electron chi connectivity index (χ0n) is 19.1. The molecule has 0 aromatic heterocycles. The van der Waals surface area contributed by atoms with Gasteiger partial charge in [-0.25, -0.2) is 0 Å². The van der Waals surface area contributed by atoms with Gasteiger partial charge >= 0.3 is 0 Å². The van der Waals surface area contributed by atoms with Gasteiger partial charge in [-0.1, -0.05) is 41.4 Å². The molecular weight excluding hydrogens is 440 g/mol. The third-order valence-corrected chi connectivity index (χ3v) is 5.34. The van der Waals surface area contributed by atoms with Crippen molar-refractivity contribution >= 4 is 29.1 Å². The van der Waals surface area contributed by atoms with E-state index in [0.717, 1.165) is 27.9 Å². The number of rotatable bonds is 8. The van der Waals surface area contributed by atoms with Gasteiger partial charge in [0.1, 0.15) is 6.61 Å². The lowest BCUT2D eigenvalue weighted by molar-refractivity contribution is -0.115. The van der Waals surface area contributed by atoms with Crippen LogP contribution in [-0.4, -0.2) is 25.5 Å². The molecule has 0 aliphatic heterocycles. The summed E-state index contributed by atoms with van der Waals surface area (Å²) in [4.78, 5) is 24.9. The van der Waals surface area contributed by atoms with Crippen LogP contribution in [0.15, 0.2) is 54.6 Å². The third-order valence-electron chi connectivity index (χ3n) is 5.08. The van der Waals surface area contributed by atoms with Crippen LogP contribution in [0.5, 0.6) is 11.5 Å². The molecule has 3 aromatic carbocycles. The van der Waals surface area contributed by atoms with Crippen LogP contribution in [0.1, 0.15) is 32.6 Å². The molecule has 0 atom stereocenters. The van der Waals surface area contributed by atoms with Crippen molar-refractivity contribution in [3.05, 3.63) is 87.4 Å². The summed E-state index contributed by atoms with van der Waals surface area (Å²) in [5, 5.41) is 6.17. The van der Waals surface area contributed by atoms with Crippen LogP contribution in [0.4, 0.5) is 5.69 Å². The molecule has 0 bridgehead atoms. The molecule has 0 aliphatic carbocycles. The zero-order chi connectivity index (χ0) is 24.0. The van der Waals surface area contributed by atoms with Crippen molar-refractivity contribution in [2.75, 3.05) is 19.0 Å². The summed E-state index contributed by atoms with van der Waals surface area (Å²) < 4.78 is 11.2. The zero-order valence-corrected chi connectivity index (χ0v) is 19.9. The number of nitrogens with one attached hydrogen (secondary N) is 2. The molecule has 0 aliphatic rings. The molecule has 0 saturated heterocycles. The number of methoxy groups -OCH3 is 1. The Balaban J connectivity index is 1.59. The minimum atomic E-state index is -0.384. The Morgan fingerprint density at radius 3 is 2.21 bits per heavy atom. The monoisotopic (exact) mass is 466 g/mol. The van der Waals surface area contributed by atoms with E-state index in [4.69, 9.17) is 21.1 Å². The Kier molecular flexibility index (Phi) is 7.96. The van der Waals surface area contributed by atoms with E-state index in [1.54, 1.807) is 30.3 Å². The van der Waals surface area contributed by atoms with Gasteiger partial charge in [-0.3, -0.25) is 9.59 Å². The molecule has 0 fully saturated rings. The third kappa shape index (κ3) is 6.49. The lowest BCUT2D eigenvalue weighted by Gasteiger charge is -2.14. The first-order valence-electron chi connectivity index (χ1n) is 10.5. The van der Waals surface area contributed by atoms with Crippen LogP contribution in [0.2, 0.25) is 5.02 Å². The number of anilines is 1. The summed E-state index contributed by atoms with van der Waals surface area (Å²) in [6.07, 6.45) is 0. The van der Waals surface area contributed by atoms with E-state index in [2.05, 4.69) is 10.6 Å². The first-order valence-corrected chi connectivity index (χ1v) is 10.9. The van der Waals surface area contributed by atoms with Crippen molar-refractivity contribution < 1.29 is 19.1 Å². The van der Waals surface area contributed by atoms with Crippen molar-refractivity contribution in [3.63, 3.8) is 0 Å². The van der Waals surface area contributed by atoms with Gasteiger partial charge in [0.05, 0.1) is 13.7 Å². The lowest BCUT2D eigenvalue weighted by Crippen LogP contribution is -2.33. The number of amides is 2. The van der Waals surface area contributed by atoms with Crippen molar-refractivity contribution in [3.8, 4) is 11.5 Å². The van der Waals surface area contributed by atoms with Gasteiger partial charge in [0, 0.05) is 16.3 Å². The summed E-state index contributed by atoms with van der Waals surface area (Å²) in [5.41, 5.74) is 5.17. The number of benzene rings is 3. The van der Waals surface area contributed by atoms with Crippen LogP contribution >= 0.6 is 11.6 Å². The van der Waals surface area contributed by atoms with Gasteiger partial charge < -0.3 is 20.1 Å². The molecule has 7 heteroatoms. The Labute approximate surface area is 198 Å². The van der Waals surface area contributed by atoms with Gasteiger partial charge in [-0.15, -0.1) is 0 Å². The van der Waals surface area contributed by atoms with Crippen molar-refractivity contribution in [1.29, 1.82) is 0 Å². The molecule has 2 N–H and O–H groups in total. The van der Waals surface area contributed by atoms with Crippen LogP contribution < -0.4 is 20.1 Å². The van der Waals surface area contributed by atoms with Crippen LogP contribution in [0.25, 0.3) is 0 Å². The Bertz CT molecular complexity index is 1140. The number of halogens is 1. The number of hydrogen-bond donors (Lipinski definition) is 2. The second kappa shape index (κ2) is 10.9. The topological polar surface area (TPSA) is 76.7 Å². The number of carbonyl (C=O) groups is 2. The van der Waals surface area contributed by atoms with E-state index < -0.39 is 0 Å². The molecule has 0 radical (unpaired) electrons. The minimum absolute atomic E-state index is 0.150. The highest BCUT2D eigenvalue weighted by molar-refractivity contribution is 6.30. The maximum Gasteiger partial charge on any atom is 0.251 e. The fourth-order valence-corrected chi connectivity index (χ4v) is 3.62. The van der Waals surface area contributed by atoms with Crippen LogP contribution in [0.3, 0.4) is 0 Å². The highest BCUT2D eigenvalue weighted by atomic mass is 35.5. The second-order valence-electron chi connectivity index (χ2n) is 7.79. The van der Waals surface area contributed by atoms with E-state index in [0.29, 0.717) is 28.7 Å². The highest BCUT2D eigenvalue weighted by Gasteiger charge is 2.14. The number of ether oxygens (including phenoxy) is 2. The molecule has 0 heterocycles. The summed E-state index contributed by atoms with van der Waals surface area (Å²) >= 11 is 5.90. The van der Waals surface area contributed by atoms with E-state index in [1.165, 1.54) is 7.11 Å². The molecule has 3 aromatic rings. The Hall–Kier alpha value is -3.51. The summed E-state index contributed by atoms with van der Waals surface area (Å²) in [6, 6.07) is 16.2. The largest absolute Gasteiger partial charge is 0.493 e. The molecule has 0 saturated carbocycles. The van der Waals surface area contributed by atoms with Gasteiger partial charge in [0.2, 0.25) is 5.91 Å². The molecular formula is C26H27ClN2O4. The molecule has 33 heavy (non-hydrogen) atoms. The Morgan fingerprint density at radius 2 is 1.58 bits per heavy atom. The minimum Gasteiger partial charge on any atom is -0.493 e. The first kappa shape index (κ1) is 24.1. The SMILES string of the molecule is COc1cc(C(=O)NCC(=O)Nc2c(C)cc(C)cc2C)ccc1OCc1ccc(Cl)cc1. The summed E-state index contributed by atoms with van der Waals surface area (Å²) in [5.74, 6) is 0.248. The first-order chi connectivity index (χ1) is 15.8. The van der Waals surface area contributed by atoms with Crippen molar-refractivity contribution in [1.82, 2.24) is 5.32 Å². The fraction of sp³-hybridized carbons (Fsp3) is 0.231. The molecule has 3 rings (SSSR count).